The van der Waals surface area contributed by atoms with Crippen molar-refractivity contribution >= 4 is 0 Å². The first-order chi connectivity index (χ1) is 5.76. The van der Waals surface area contributed by atoms with E-state index in [4.69, 9.17) is 9.47 Å². The molecule has 2 heteroatoms. The van der Waals surface area contributed by atoms with Crippen LogP contribution in [0.25, 0.3) is 0 Å². The smallest absolute Gasteiger partial charge is 0.146 e. The van der Waals surface area contributed by atoms with Crippen molar-refractivity contribution in [3.05, 3.63) is 0 Å². The fourth-order valence-corrected chi connectivity index (χ4v) is 1.48. The van der Waals surface area contributed by atoms with Crippen LogP contribution in [0.1, 0.15) is 40.0 Å². The van der Waals surface area contributed by atoms with Gasteiger partial charge >= 0.3 is 0 Å². The van der Waals surface area contributed by atoms with E-state index in [1.807, 2.05) is 0 Å². The van der Waals surface area contributed by atoms with Gasteiger partial charge in [-0.3, -0.25) is 0 Å². The molecule has 12 heavy (non-hydrogen) atoms. The van der Waals surface area contributed by atoms with Crippen LogP contribution < -0.4 is 0 Å². The lowest BCUT2D eigenvalue weighted by atomic mass is 9.97. The zero-order valence-electron chi connectivity index (χ0n) is 8.80. The molecule has 0 fully saturated rings. The third kappa shape index (κ3) is 4.73. The monoisotopic (exact) mass is 174 g/mol. The zero-order chi connectivity index (χ0) is 9.40. The van der Waals surface area contributed by atoms with Gasteiger partial charge in [0.1, 0.15) is 6.79 Å². The van der Waals surface area contributed by atoms with Crippen LogP contribution in [-0.4, -0.2) is 20.0 Å². The lowest BCUT2D eigenvalue weighted by Crippen LogP contribution is -2.22. The molecule has 0 aromatic carbocycles. The number of hydrogen-bond donors (Lipinski definition) is 0. The molecule has 0 amide bonds. The van der Waals surface area contributed by atoms with Crippen molar-refractivity contribution in [3.63, 3.8) is 0 Å². The van der Waals surface area contributed by atoms with Crippen LogP contribution >= 0.6 is 0 Å². The summed E-state index contributed by atoms with van der Waals surface area (Å²) >= 11 is 0. The van der Waals surface area contributed by atoms with Crippen molar-refractivity contribution in [2.24, 2.45) is 5.92 Å². The van der Waals surface area contributed by atoms with Crippen molar-refractivity contribution < 1.29 is 9.47 Å². The predicted molar refractivity (Wildman–Crippen MR) is 51.1 cm³/mol. The molecule has 0 rings (SSSR count). The van der Waals surface area contributed by atoms with Gasteiger partial charge in [0, 0.05) is 7.11 Å². The second-order valence-electron chi connectivity index (χ2n) is 3.29. The number of methoxy groups -OCH3 is 1. The summed E-state index contributed by atoms with van der Waals surface area (Å²) in [6, 6.07) is 0. The van der Waals surface area contributed by atoms with E-state index in [9.17, 15) is 0 Å². The fraction of sp³-hybridized carbons (Fsp3) is 1.00. The van der Waals surface area contributed by atoms with Gasteiger partial charge in [-0.2, -0.15) is 0 Å². The summed E-state index contributed by atoms with van der Waals surface area (Å²) in [5, 5.41) is 0. The highest BCUT2D eigenvalue weighted by atomic mass is 16.7. The Hall–Kier alpha value is -0.0800. The summed E-state index contributed by atoms with van der Waals surface area (Å²) in [6.45, 7) is 7.03. The molecule has 0 aliphatic carbocycles. The van der Waals surface area contributed by atoms with E-state index < -0.39 is 0 Å². The maximum Gasteiger partial charge on any atom is 0.146 e. The maximum absolute atomic E-state index is 5.53. The summed E-state index contributed by atoms with van der Waals surface area (Å²) in [4.78, 5) is 0. The van der Waals surface area contributed by atoms with Crippen molar-refractivity contribution in [3.8, 4) is 0 Å². The number of hydrogen-bond acceptors (Lipinski definition) is 2. The van der Waals surface area contributed by atoms with E-state index >= 15 is 0 Å². The van der Waals surface area contributed by atoms with E-state index in [-0.39, 0.29) is 0 Å². The van der Waals surface area contributed by atoms with Crippen LogP contribution in [0, 0.1) is 5.92 Å². The maximum atomic E-state index is 5.53. The predicted octanol–water partition coefficient (Wildman–Crippen LogP) is 2.82. The Morgan fingerprint density at radius 1 is 1.25 bits per heavy atom. The molecule has 0 aliphatic rings. The summed E-state index contributed by atoms with van der Waals surface area (Å²) in [5.41, 5.74) is 0. The summed E-state index contributed by atoms with van der Waals surface area (Å²) in [5.74, 6) is 0.648. The van der Waals surface area contributed by atoms with E-state index in [1.165, 1.54) is 12.8 Å². The molecule has 0 saturated carbocycles. The molecule has 2 nitrogen and oxygen atoms in total. The quantitative estimate of drug-likeness (QED) is 0.552. The summed E-state index contributed by atoms with van der Waals surface area (Å²) in [6.07, 6.45) is 3.91. The molecule has 74 valence electrons. The molecule has 2 atom stereocenters. The first-order valence-electron chi connectivity index (χ1n) is 4.86. The Balaban J connectivity index is 3.62. The van der Waals surface area contributed by atoms with Crippen molar-refractivity contribution in [1.82, 2.24) is 0 Å². The molecule has 0 aliphatic heterocycles. The number of ether oxygens (including phenoxy) is 2. The zero-order valence-corrected chi connectivity index (χ0v) is 8.80. The molecule has 0 radical (unpaired) electrons. The number of rotatable bonds is 7. The SMILES string of the molecule is CCCC(C)[C@H](CC)OCOC. The van der Waals surface area contributed by atoms with Crippen molar-refractivity contribution in [2.45, 2.75) is 46.1 Å². The highest BCUT2D eigenvalue weighted by Crippen LogP contribution is 2.16. The molecule has 0 N–H and O–H groups in total. The molecule has 0 heterocycles. The van der Waals surface area contributed by atoms with E-state index in [0.717, 1.165) is 6.42 Å². The molecule has 0 aromatic heterocycles. The molecule has 1 unspecified atom stereocenters. The van der Waals surface area contributed by atoms with E-state index in [1.54, 1.807) is 7.11 Å². The lowest BCUT2D eigenvalue weighted by molar-refractivity contribution is -0.0908. The van der Waals surface area contributed by atoms with Gasteiger partial charge in [-0.25, -0.2) is 0 Å². The second-order valence-corrected chi connectivity index (χ2v) is 3.29. The minimum atomic E-state index is 0.366. The molecular weight excluding hydrogens is 152 g/mol. The molecule has 0 bridgehead atoms. The highest BCUT2D eigenvalue weighted by molar-refractivity contribution is 4.63. The first-order valence-corrected chi connectivity index (χ1v) is 4.86. The Bertz CT molecular complexity index is 93.8. The Morgan fingerprint density at radius 2 is 1.92 bits per heavy atom. The molecule has 0 saturated heterocycles. The average Bonchev–Trinajstić information content (AvgIpc) is 2.06. The molecular formula is C10H22O2. The van der Waals surface area contributed by atoms with Gasteiger partial charge in [-0.1, -0.05) is 27.2 Å². The first kappa shape index (κ1) is 11.9. The lowest BCUT2D eigenvalue weighted by Gasteiger charge is -2.22. The summed E-state index contributed by atoms with van der Waals surface area (Å²) < 4.78 is 10.4. The van der Waals surface area contributed by atoms with Gasteiger partial charge in [0.2, 0.25) is 0 Å². The fourth-order valence-electron chi connectivity index (χ4n) is 1.48. The minimum Gasteiger partial charge on any atom is -0.359 e. The van der Waals surface area contributed by atoms with Gasteiger partial charge in [-0.05, 0) is 18.8 Å². The molecule has 0 aromatic rings. The van der Waals surface area contributed by atoms with Crippen LogP contribution in [0.15, 0.2) is 0 Å². The second kappa shape index (κ2) is 7.56. The molecule has 0 spiro atoms. The largest absolute Gasteiger partial charge is 0.359 e. The Labute approximate surface area is 76.3 Å². The van der Waals surface area contributed by atoms with E-state index in [0.29, 0.717) is 18.8 Å². The van der Waals surface area contributed by atoms with Gasteiger partial charge in [-0.15, -0.1) is 0 Å². The minimum absolute atomic E-state index is 0.366. The highest BCUT2D eigenvalue weighted by Gasteiger charge is 2.14. The van der Waals surface area contributed by atoms with Crippen molar-refractivity contribution in [2.75, 3.05) is 13.9 Å². The van der Waals surface area contributed by atoms with Gasteiger partial charge < -0.3 is 9.47 Å². The van der Waals surface area contributed by atoms with E-state index in [2.05, 4.69) is 20.8 Å². The normalized spacial score (nSPS) is 16.0. The van der Waals surface area contributed by atoms with Crippen LogP contribution in [0.4, 0.5) is 0 Å². The topological polar surface area (TPSA) is 18.5 Å². The van der Waals surface area contributed by atoms with Gasteiger partial charge in [0.25, 0.3) is 0 Å². The van der Waals surface area contributed by atoms with Crippen LogP contribution in [0.3, 0.4) is 0 Å². The van der Waals surface area contributed by atoms with Crippen LogP contribution in [0.5, 0.6) is 0 Å². The third-order valence-corrected chi connectivity index (χ3v) is 2.18. The standard InChI is InChI=1S/C10H22O2/c1-5-7-9(3)10(6-2)12-8-11-4/h9-10H,5-8H2,1-4H3/t9?,10-/m0/s1. The van der Waals surface area contributed by atoms with Crippen LogP contribution in [-0.2, 0) is 9.47 Å². The van der Waals surface area contributed by atoms with Gasteiger partial charge in [0.05, 0.1) is 6.10 Å². The third-order valence-electron chi connectivity index (χ3n) is 2.18. The summed E-state index contributed by atoms with van der Waals surface area (Å²) in [7, 11) is 1.66. The van der Waals surface area contributed by atoms with Gasteiger partial charge in [0.15, 0.2) is 0 Å². The average molecular weight is 174 g/mol. The Morgan fingerprint density at radius 3 is 2.33 bits per heavy atom. The van der Waals surface area contributed by atoms with Crippen LogP contribution in [0.2, 0.25) is 0 Å². The Kier molecular flexibility index (Phi) is 7.51. The van der Waals surface area contributed by atoms with Crippen molar-refractivity contribution in [1.29, 1.82) is 0 Å².